The van der Waals surface area contributed by atoms with Gasteiger partial charge in [-0.2, -0.15) is 0 Å². The molecule has 0 aromatic carbocycles. The van der Waals surface area contributed by atoms with Crippen LogP contribution in [-0.2, 0) is 12.0 Å². The number of hydrogen-bond donors (Lipinski definition) is 1. The Morgan fingerprint density at radius 3 is 2.71 bits per heavy atom. The summed E-state index contributed by atoms with van der Waals surface area (Å²) in [5.74, 6) is 0. The fourth-order valence-electron chi connectivity index (χ4n) is 1.92. The van der Waals surface area contributed by atoms with E-state index in [0.29, 0.717) is 6.42 Å². The van der Waals surface area contributed by atoms with Gasteiger partial charge >= 0.3 is 0 Å². The number of aliphatic hydroxyl groups is 1. The molecule has 0 aliphatic rings. The van der Waals surface area contributed by atoms with Crippen molar-refractivity contribution in [3.05, 3.63) is 11.9 Å². The van der Waals surface area contributed by atoms with Crippen LogP contribution in [0.4, 0.5) is 0 Å². The van der Waals surface area contributed by atoms with Crippen molar-refractivity contribution in [3.63, 3.8) is 0 Å². The SMILES string of the molecule is CCCCCCC(C)(C)n1cc(CCO)nn1. The molecule has 0 unspecified atom stereocenters. The van der Waals surface area contributed by atoms with Gasteiger partial charge in [-0.3, -0.25) is 0 Å². The highest BCUT2D eigenvalue weighted by Gasteiger charge is 2.21. The molecular formula is C13H25N3O. The van der Waals surface area contributed by atoms with Gasteiger partial charge in [0.25, 0.3) is 0 Å². The molecule has 0 aliphatic heterocycles. The monoisotopic (exact) mass is 239 g/mol. The lowest BCUT2D eigenvalue weighted by atomic mass is 9.96. The molecule has 0 radical (unpaired) electrons. The van der Waals surface area contributed by atoms with E-state index in [4.69, 9.17) is 5.11 Å². The fraction of sp³-hybridized carbons (Fsp3) is 0.846. The van der Waals surface area contributed by atoms with E-state index in [1.165, 1.54) is 25.7 Å². The third kappa shape index (κ3) is 4.46. The number of unbranched alkanes of at least 4 members (excludes halogenated alkanes) is 3. The van der Waals surface area contributed by atoms with E-state index >= 15 is 0 Å². The first kappa shape index (κ1) is 14.2. The maximum Gasteiger partial charge on any atom is 0.0850 e. The number of rotatable bonds is 8. The fourth-order valence-corrected chi connectivity index (χ4v) is 1.92. The van der Waals surface area contributed by atoms with Crippen molar-refractivity contribution in [2.75, 3.05) is 6.61 Å². The Hall–Kier alpha value is -0.900. The number of hydrogen-bond acceptors (Lipinski definition) is 3. The summed E-state index contributed by atoms with van der Waals surface area (Å²) in [6.45, 7) is 6.74. The molecule has 1 heterocycles. The first-order valence-corrected chi connectivity index (χ1v) is 6.62. The van der Waals surface area contributed by atoms with Gasteiger partial charge in [-0.25, -0.2) is 4.68 Å². The van der Waals surface area contributed by atoms with E-state index in [1.54, 1.807) is 0 Å². The zero-order valence-corrected chi connectivity index (χ0v) is 11.3. The Labute approximate surface area is 104 Å². The lowest BCUT2D eigenvalue weighted by Crippen LogP contribution is -2.26. The Balaban J connectivity index is 2.49. The largest absolute Gasteiger partial charge is 0.396 e. The number of nitrogens with zero attached hydrogens (tertiary/aromatic N) is 3. The third-order valence-electron chi connectivity index (χ3n) is 3.17. The summed E-state index contributed by atoms with van der Waals surface area (Å²) in [7, 11) is 0. The predicted octanol–water partition coefficient (Wildman–Crippen LogP) is 2.52. The van der Waals surface area contributed by atoms with Crippen molar-refractivity contribution in [2.45, 2.75) is 64.8 Å². The van der Waals surface area contributed by atoms with Crippen molar-refractivity contribution in [1.29, 1.82) is 0 Å². The van der Waals surface area contributed by atoms with Gasteiger partial charge in [0.2, 0.25) is 0 Å². The maximum absolute atomic E-state index is 8.86. The van der Waals surface area contributed by atoms with Crippen molar-refractivity contribution < 1.29 is 5.11 Å². The van der Waals surface area contributed by atoms with Gasteiger partial charge in [0.1, 0.15) is 0 Å². The number of aliphatic hydroxyl groups excluding tert-OH is 1. The molecule has 1 aromatic heterocycles. The standard InChI is InChI=1S/C13H25N3O/c1-4-5-6-7-9-13(2,3)16-11-12(8-10-17)14-15-16/h11,17H,4-10H2,1-3H3. The van der Waals surface area contributed by atoms with Crippen LogP contribution in [0.15, 0.2) is 6.20 Å². The van der Waals surface area contributed by atoms with Gasteiger partial charge in [-0.15, -0.1) is 5.10 Å². The van der Waals surface area contributed by atoms with E-state index in [2.05, 4.69) is 31.1 Å². The molecule has 4 nitrogen and oxygen atoms in total. The molecule has 0 saturated carbocycles. The molecule has 98 valence electrons. The van der Waals surface area contributed by atoms with Crippen LogP contribution in [0.25, 0.3) is 0 Å². The molecule has 0 fully saturated rings. The average molecular weight is 239 g/mol. The van der Waals surface area contributed by atoms with E-state index in [9.17, 15) is 0 Å². The van der Waals surface area contributed by atoms with Crippen molar-refractivity contribution in [3.8, 4) is 0 Å². The highest BCUT2D eigenvalue weighted by atomic mass is 16.3. The van der Waals surface area contributed by atoms with Crippen molar-refractivity contribution >= 4 is 0 Å². The Kier molecular flexibility index (Phi) is 5.62. The molecule has 17 heavy (non-hydrogen) atoms. The minimum atomic E-state index is 0.0223. The zero-order chi connectivity index (χ0) is 12.7. The molecule has 1 rings (SSSR count). The minimum absolute atomic E-state index is 0.0223. The summed E-state index contributed by atoms with van der Waals surface area (Å²) in [6, 6.07) is 0. The van der Waals surface area contributed by atoms with Crippen LogP contribution < -0.4 is 0 Å². The lowest BCUT2D eigenvalue weighted by molar-refractivity contribution is 0.278. The van der Waals surface area contributed by atoms with Crippen LogP contribution >= 0.6 is 0 Å². The van der Waals surface area contributed by atoms with E-state index in [-0.39, 0.29) is 12.1 Å². The van der Waals surface area contributed by atoms with Crippen LogP contribution in [0.1, 0.15) is 58.6 Å². The quantitative estimate of drug-likeness (QED) is 0.709. The molecule has 0 aliphatic carbocycles. The van der Waals surface area contributed by atoms with Crippen molar-refractivity contribution in [2.24, 2.45) is 0 Å². The normalized spacial score (nSPS) is 12.0. The summed E-state index contributed by atoms with van der Waals surface area (Å²) < 4.78 is 1.93. The van der Waals surface area contributed by atoms with Gasteiger partial charge in [0.05, 0.1) is 11.2 Å². The summed E-state index contributed by atoms with van der Waals surface area (Å²) >= 11 is 0. The Morgan fingerprint density at radius 1 is 1.29 bits per heavy atom. The predicted molar refractivity (Wildman–Crippen MR) is 68.9 cm³/mol. The molecule has 0 bridgehead atoms. The van der Waals surface area contributed by atoms with E-state index < -0.39 is 0 Å². The smallest absolute Gasteiger partial charge is 0.0850 e. The van der Waals surface area contributed by atoms with Gasteiger partial charge in [-0.05, 0) is 20.3 Å². The van der Waals surface area contributed by atoms with E-state index in [1.807, 2.05) is 10.9 Å². The number of aromatic nitrogens is 3. The van der Waals surface area contributed by atoms with Crippen LogP contribution in [-0.4, -0.2) is 26.7 Å². The average Bonchev–Trinajstić information content (AvgIpc) is 2.74. The molecule has 1 N–H and O–H groups in total. The van der Waals surface area contributed by atoms with Gasteiger partial charge in [0.15, 0.2) is 0 Å². The van der Waals surface area contributed by atoms with Crippen LogP contribution in [0.2, 0.25) is 0 Å². The first-order valence-electron chi connectivity index (χ1n) is 6.62. The van der Waals surface area contributed by atoms with Crippen molar-refractivity contribution in [1.82, 2.24) is 15.0 Å². The van der Waals surface area contributed by atoms with Crippen LogP contribution in [0.3, 0.4) is 0 Å². The maximum atomic E-state index is 8.86. The Bertz CT molecular complexity index is 320. The second-order valence-electron chi connectivity index (χ2n) is 5.25. The second kappa shape index (κ2) is 6.74. The summed E-state index contributed by atoms with van der Waals surface area (Å²) in [5, 5.41) is 17.1. The lowest BCUT2D eigenvalue weighted by Gasteiger charge is -2.24. The second-order valence-corrected chi connectivity index (χ2v) is 5.25. The van der Waals surface area contributed by atoms with Gasteiger partial charge in [0, 0.05) is 19.2 Å². The molecule has 0 amide bonds. The third-order valence-corrected chi connectivity index (χ3v) is 3.17. The summed E-state index contributed by atoms with van der Waals surface area (Å²) in [6.07, 6.45) is 8.76. The highest BCUT2D eigenvalue weighted by molar-refractivity contribution is 4.95. The molecule has 0 saturated heterocycles. The highest BCUT2D eigenvalue weighted by Crippen LogP contribution is 2.22. The summed E-state index contributed by atoms with van der Waals surface area (Å²) in [5.41, 5.74) is 0.892. The zero-order valence-electron chi connectivity index (χ0n) is 11.3. The topological polar surface area (TPSA) is 50.9 Å². The molecule has 1 aromatic rings. The minimum Gasteiger partial charge on any atom is -0.396 e. The van der Waals surface area contributed by atoms with Crippen LogP contribution in [0.5, 0.6) is 0 Å². The van der Waals surface area contributed by atoms with E-state index in [0.717, 1.165) is 12.1 Å². The summed E-state index contributed by atoms with van der Waals surface area (Å²) in [4.78, 5) is 0. The molecular weight excluding hydrogens is 214 g/mol. The Morgan fingerprint density at radius 2 is 2.06 bits per heavy atom. The first-order chi connectivity index (χ1) is 8.10. The molecule has 0 atom stereocenters. The molecule has 0 spiro atoms. The van der Waals surface area contributed by atoms with Gasteiger partial charge in [-0.1, -0.05) is 37.8 Å². The van der Waals surface area contributed by atoms with Crippen LogP contribution in [0, 0.1) is 0 Å². The van der Waals surface area contributed by atoms with Gasteiger partial charge < -0.3 is 5.11 Å². The molecule has 4 heteroatoms.